The monoisotopic (exact) mass is 296 g/mol. The highest BCUT2D eigenvalue weighted by Crippen LogP contribution is 2.36. The van der Waals surface area contributed by atoms with E-state index in [1.807, 2.05) is 24.3 Å². The van der Waals surface area contributed by atoms with Gasteiger partial charge in [-0.25, -0.2) is 8.42 Å². The van der Waals surface area contributed by atoms with Crippen molar-refractivity contribution >= 4 is 15.7 Å². The van der Waals surface area contributed by atoms with Crippen LogP contribution in [0.25, 0.3) is 0 Å². The van der Waals surface area contributed by atoms with E-state index in [0.717, 1.165) is 30.6 Å². The number of hydrogen-bond acceptors (Lipinski definition) is 3. The molecule has 0 radical (unpaired) electrons. The van der Waals surface area contributed by atoms with Crippen LogP contribution in [0.2, 0.25) is 0 Å². The van der Waals surface area contributed by atoms with E-state index in [2.05, 4.69) is 12.2 Å². The number of nitrogens with zero attached hydrogens (tertiary/aromatic N) is 1. The summed E-state index contributed by atoms with van der Waals surface area (Å²) < 4.78 is 26.5. The van der Waals surface area contributed by atoms with Gasteiger partial charge in [0.05, 0.1) is 10.9 Å². The molecule has 0 spiro atoms. The minimum atomic E-state index is -3.25. The highest BCUT2D eigenvalue weighted by Gasteiger charge is 2.33. The van der Waals surface area contributed by atoms with Gasteiger partial charge in [0.15, 0.2) is 0 Å². The molecule has 0 aliphatic carbocycles. The van der Waals surface area contributed by atoms with Crippen molar-refractivity contribution in [1.29, 1.82) is 0 Å². The number of rotatable bonds is 5. The second-order valence-electron chi connectivity index (χ2n) is 5.52. The Morgan fingerprint density at radius 1 is 1.35 bits per heavy atom. The van der Waals surface area contributed by atoms with Crippen molar-refractivity contribution in [2.75, 3.05) is 17.4 Å². The molecule has 0 bridgehead atoms. The Bertz CT molecular complexity index is 555. The summed E-state index contributed by atoms with van der Waals surface area (Å²) in [5.41, 5.74) is 1.93. The van der Waals surface area contributed by atoms with Gasteiger partial charge in [-0.3, -0.25) is 4.31 Å². The quantitative estimate of drug-likeness (QED) is 0.909. The summed E-state index contributed by atoms with van der Waals surface area (Å²) >= 11 is 0. The van der Waals surface area contributed by atoms with E-state index in [9.17, 15) is 8.42 Å². The van der Waals surface area contributed by atoms with Crippen molar-refractivity contribution in [1.82, 2.24) is 5.32 Å². The van der Waals surface area contributed by atoms with Gasteiger partial charge in [0.2, 0.25) is 10.0 Å². The van der Waals surface area contributed by atoms with Gasteiger partial charge in [-0.15, -0.1) is 0 Å². The first-order chi connectivity index (χ1) is 9.48. The molecule has 0 saturated heterocycles. The maximum absolute atomic E-state index is 12.5. The Kier molecular flexibility index (Phi) is 4.70. The van der Waals surface area contributed by atoms with E-state index in [1.54, 1.807) is 18.2 Å². The molecular formula is C15H24N2O2S. The number of nitrogens with one attached hydrogen (secondary N) is 1. The van der Waals surface area contributed by atoms with Gasteiger partial charge in [-0.1, -0.05) is 25.1 Å². The molecule has 1 heterocycles. The molecule has 5 heteroatoms. The van der Waals surface area contributed by atoms with Crippen LogP contribution in [0.15, 0.2) is 24.3 Å². The van der Waals surface area contributed by atoms with E-state index in [4.69, 9.17) is 0 Å². The summed E-state index contributed by atoms with van der Waals surface area (Å²) in [5.74, 6) is 0. The fourth-order valence-corrected chi connectivity index (χ4v) is 3.89. The van der Waals surface area contributed by atoms with E-state index in [-0.39, 0.29) is 6.04 Å². The molecular weight excluding hydrogens is 272 g/mol. The van der Waals surface area contributed by atoms with Gasteiger partial charge >= 0.3 is 0 Å². The van der Waals surface area contributed by atoms with Crippen LogP contribution in [-0.2, 0) is 10.0 Å². The van der Waals surface area contributed by atoms with Crippen LogP contribution in [0.1, 0.15) is 45.2 Å². The molecule has 0 amide bonds. The predicted octanol–water partition coefficient (Wildman–Crippen LogP) is 2.68. The third-order valence-corrected chi connectivity index (χ3v) is 5.93. The van der Waals surface area contributed by atoms with Crippen LogP contribution in [0.3, 0.4) is 0 Å². The summed E-state index contributed by atoms with van der Waals surface area (Å²) in [6, 6.07) is 8.08. The van der Waals surface area contributed by atoms with Crippen molar-refractivity contribution in [3.63, 3.8) is 0 Å². The molecule has 1 aliphatic rings. The van der Waals surface area contributed by atoms with Gasteiger partial charge in [-0.05, 0) is 44.9 Å². The average Bonchev–Trinajstić information content (AvgIpc) is 2.44. The molecule has 4 nitrogen and oxygen atoms in total. The molecule has 1 N–H and O–H groups in total. The first kappa shape index (κ1) is 15.3. The summed E-state index contributed by atoms with van der Waals surface area (Å²) in [6.07, 6.45) is 1.90. The molecule has 112 valence electrons. The summed E-state index contributed by atoms with van der Waals surface area (Å²) in [5, 5.41) is 3.11. The van der Waals surface area contributed by atoms with Crippen LogP contribution in [0, 0.1) is 0 Å². The second kappa shape index (κ2) is 6.14. The number of hydrogen-bond donors (Lipinski definition) is 1. The van der Waals surface area contributed by atoms with Gasteiger partial charge in [-0.2, -0.15) is 0 Å². The van der Waals surface area contributed by atoms with Crippen molar-refractivity contribution in [3.8, 4) is 0 Å². The van der Waals surface area contributed by atoms with Crippen molar-refractivity contribution < 1.29 is 8.42 Å². The number of anilines is 1. The minimum absolute atomic E-state index is 0.254. The van der Waals surface area contributed by atoms with Crippen molar-refractivity contribution in [2.24, 2.45) is 0 Å². The lowest BCUT2D eigenvalue weighted by molar-refractivity contribution is 0.487. The van der Waals surface area contributed by atoms with Crippen molar-refractivity contribution in [3.05, 3.63) is 29.8 Å². The molecule has 1 aromatic rings. The molecule has 1 atom stereocenters. The smallest absolute Gasteiger partial charge is 0.237 e. The predicted molar refractivity (Wildman–Crippen MR) is 83.5 cm³/mol. The number of para-hydroxylation sites is 1. The second-order valence-corrected chi connectivity index (χ2v) is 7.93. The zero-order valence-corrected chi connectivity index (χ0v) is 13.3. The Balaban J connectivity index is 2.37. The molecule has 20 heavy (non-hydrogen) atoms. The summed E-state index contributed by atoms with van der Waals surface area (Å²) in [6.45, 7) is 7.12. The van der Waals surface area contributed by atoms with Gasteiger partial charge in [0.25, 0.3) is 0 Å². The average molecular weight is 296 g/mol. The van der Waals surface area contributed by atoms with Crippen LogP contribution >= 0.6 is 0 Å². The molecule has 1 aromatic carbocycles. The van der Waals surface area contributed by atoms with Crippen molar-refractivity contribution in [2.45, 2.75) is 44.9 Å². The molecule has 0 aromatic heterocycles. The standard InChI is InChI=1S/C15H24N2O2S/c1-4-10-16-14-9-11-17(20(18,19)12(2)3)15-8-6-5-7-13(14)15/h5-8,12,14,16H,4,9-11H2,1-3H3. The first-order valence-corrected chi connectivity index (χ1v) is 8.82. The van der Waals surface area contributed by atoms with E-state index in [1.165, 1.54) is 0 Å². The normalized spacial score (nSPS) is 19.2. The van der Waals surface area contributed by atoms with Crippen LogP contribution in [-0.4, -0.2) is 26.8 Å². The molecule has 2 rings (SSSR count). The first-order valence-electron chi connectivity index (χ1n) is 7.32. The molecule has 1 unspecified atom stereocenters. The largest absolute Gasteiger partial charge is 0.310 e. The van der Waals surface area contributed by atoms with E-state index < -0.39 is 15.3 Å². The minimum Gasteiger partial charge on any atom is -0.310 e. The lowest BCUT2D eigenvalue weighted by atomic mass is 9.98. The molecule has 0 saturated carbocycles. The Hall–Kier alpha value is -1.07. The maximum atomic E-state index is 12.5. The van der Waals surface area contributed by atoms with Gasteiger partial charge in [0.1, 0.15) is 0 Å². The SMILES string of the molecule is CCCNC1CCN(S(=O)(=O)C(C)C)c2ccccc21. The fourth-order valence-electron chi connectivity index (χ4n) is 2.58. The zero-order valence-electron chi connectivity index (χ0n) is 12.5. The van der Waals surface area contributed by atoms with E-state index in [0.29, 0.717) is 6.54 Å². The van der Waals surface area contributed by atoms with Gasteiger partial charge < -0.3 is 5.32 Å². The number of sulfonamides is 1. The highest BCUT2D eigenvalue weighted by molar-refractivity contribution is 7.93. The lowest BCUT2D eigenvalue weighted by Gasteiger charge is -2.36. The summed E-state index contributed by atoms with van der Waals surface area (Å²) in [7, 11) is -3.25. The highest BCUT2D eigenvalue weighted by atomic mass is 32.2. The summed E-state index contributed by atoms with van der Waals surface area (Å²) in [4.78, 5) is 0. The molecule has 0 fully saturated rings. The van der Waals surface area contributed by atoms with Crippen LogP contribution < -0.4 is 9.62 Å². The fraction of sp³-hybridized carbons (Fsp3) is 0.600. The lowest BCUT2D eigenvalue weighted by Crippen LogP contribution is -2.42. The number of fused-ring (bicyclic) bond motifs is 1. The van der Waals surface area contributed by atoms with Gasteiger partial charge in [0, 0.05) is 12.6 Å². The Morgan fingerprint density at radius 3 is 2.70 bits per heavy atom. The zero-order chi connectivity index (χ0) is 14.8. The topological polar surface area (TPSA) is 49.4 Å². The van der Waals surface area contributed by atoms with E-state index >= 15 is 0 Å². The Labute approximate surface area is 122 Å². The molecule has 1 aliphatic heterocycles. The number of benzene rings is 1. The van der Waals surface area contributed by atoms with Crippen LogP contribution in [0.5, 0.6) is 0 Å². The third-order valence-electron chi connectivity index (χ3n) is 3.75. The maximum Gasteiger partial charge on any atom is 0.237 e. The van der Waals surface area contributed by atoms with Crippen LogP contribution in [0.4, 0.5) is 5.69 Å². The third kappa shape index (κ3) is 2.83. The Morgan fingerprint density at radius 2 is 2.05 bits per heavy atom.